The van der Waals surface area contributed by atoms with Gasteiger partial charge >= 0.3 is 0 Å². The monoisotopic (exact) mass is 422 g/mol. The van der Waals surface area contributed by atoms with Crippen LogP contribution in [0.4, 0.5) is 0 Å². The number of fused-ring (bicyclic) bond motifs is 1. The second kappa shape index (κ2) is 8.46. The summed E-state index contributed by atoms with van der Waals surface area (Å²) in [6, 6.07) is 9.12. The first kappa shape index (κ1) is 20.6. The van der Waals surface area contributed by atoms with E-state index in [2.05, 4.69) is 14.9 Å². The van der Waals surface area contributed by atoms with Crippen LogP contribution in [-0.4, -0.2) is 70.8 Å². The average Bonchev–Trinajstić information content (AvgIpc) is 3.27. The van der Waals surface area contributed by atoms with Gasteiger partial charge in [-0.3, -0.25) is 9.69 Å². The molecule has 2 aromatic rings. The van der Waals surface area contributed by atoms with Gasteiger partial charge in [0.1, 0.15) is 0 Å². The van der Waals surface area contributed by atoms with Gasteiger partial charge in [0.15, 0.2) is 9.84 Å². The summed E-state index contributed by atoms with van der Waals surface area (Å²) in [7, 11) is -3.16. The molecule has 0 aliphatic carbocycles. The van der Waals surface area contributed by atoms with Crippen LogP contribution in [0.25, 0.3) is 6.08 Å². The Hall–Kier alpha value is -2.16. The van der Waals surface area contributed by atoms with Crippen LogP contribution >= 0.6 is 12.4 Å². The fourth-order valence-corrected chi connectivity index (χ4v) is 5.92. The zero-order valence-corrected chi connectivity index (χ0v) is 16.9. The summed E-state index contributed by atoms with van der Waals surface area (Å²) >= 11 is 0. The van der Waals surface area contributed by atoms with E-state index >= 15 is 0 Å². The maximum atomic E-state index is 12.8. The molecule has 3 heterocycles. The van der Waals surface area contributed by atoms with Crippen LogP contribution in [0.3, 0.4) is 0 Å². The normalized spacial score (nSPS) is 24.1. The van der Waals surface area contributed by atoms with E-state index in [4.69, 9.17) is 0 Å². The summed E-state index contributed by atoms with van der Waals surface area (Å²) < 4.78 is 24.6. The molecule has 28 heavy (non-hydrogen) atoms. The predicted octanol–water partition coefficient (Wildman–Crippen LogP) is 1.35. The predicted molar refractivity (Wildman–Crippen MR) is 110 cm³/mol. The number of amides is 1. The summed E-state index contributed by atoms with van der Waals surface area (Å²) in [5, 5.41) is 0. The van der Waals surface area contributed by atoms with Crippen molar-refractivity contribution in [3.05, 3.63) is 60.2 Å². The van der Waals surface area contributed by atoms with Gasteiger partial charge in [-0.25, -0.2) is 13.4 Å². The number of aromatic amines is 1. The molecule has 0 spiro atoms. The topological polar surface area (TPSA) is 86.4 Å². The zero-order chi connectivity index (χ0) is 18.9. The molecule has 4 rings (SSSR count). The summed E-state index contributed by atoms with van der Waals surface area (Å²) in [6.07, 6.45) is 6.69. The van der Waals surface area contributed by atoms with Gasteiger partial charge in [0.25, 0.3) is 0 Å². The van der Waals surface area contributed by atoms with Crippen molar-refractivity contribution >= 4 is 34.2 Å². The highest BCUT2D eigenvalue weighted by molar-refractivity contribution is 7.91. The van der Waals surface area contributed by atoms with Crippen LogP contribution in [0.15, 0.2) is 48.9 Å². The van der Waals surface area contributed by atoms with Crippen molar-refractivity contribution < 1.29 is 13.2 Å². The number of hydrogen-bond acceptors (Lipinski definition) is 5. The molecule has 150 valence electrons. The maximum absolute atomic E-state index is 12.8. The lowest BCUT2D eigenvalue weighted by atomic mass is 10.0. The maximum Gasteiger partial charge on any atom is 0.246 e. The number of benzene rings is 1. The number of hydrogen-bond donors (Lipinski definition) is 1. The molecule has 2 aliphatic rings. The highest BCUT2D eigenvalue weighted by atomic mass is 35.5. The van der Waals surface area contributed by atoms with E-state index < -0.39 is 9.84 Å². The highest BCUT2D eigenvalue weighted by Gasteiger charge is 2.47. The number of piperazine rings is 1. The minimum Gasteiger partial charge on any atom is -0.347 e. The second-order valence-electron chi connectivity index (χ2n) is 7.03. The summed E-state index contributed by atoms with van der Waals surface area (Å²) in [6.45, 7) is 1.77. The second-order valence-corrected chi connectivity index (χ2v) is 9.19. The van der Waals surface area contributed by atoms with Gasteiger partial charge in [-0.2, -0.15) is 0 Å². The molecule has 2 atom stereocenters. The molecule has 2 aliphatic heterocycles. The fraction of sp³-hybridized carbons (Fsp3) is 0.368. The lowest BCUT2D eigenvalue weighted by Gasteiger charge is -2.43. The third kappa shape index (κ3) is 4.45. The Morgan fingerprint density at radius 3 is 2.64 bits per heavy atom. The van der Waals surface area contributed by atoms with Gasteiger partial charge in [0.2, 0.25) is 5.91 Å². The fourth-order valence-electron chi connectivity index (χ4n) is 3.91. The molecule has 0 unspecified atom stereocenters. The van der Waals surface area contributed by atoms with Crippen molar-refractivity contribution in [3.8, 4) is 0 Å². The molecule has 2 saturated heterocycles. The van der Waals surface area contributed by atoms with Crippen LogP contribution < -0.4 is 0 Å². The molecule has 0 radical (unpaired) electrons. The van der Waals surface area contributed by atoms with Gasteiger partial charge < -0.3 is 9.88 Å². The molecule has 0 saturated carbocycles. The van der Waals surface area contributed by atoms with Crippen molar-refractivity contribution in [1.29, 1.82) is 0 Å². The van der Waals surface area contributed by atoms with Crippen LogP contribution in [0, 0.1) is 0 Å². The molecule has 1 N–H and O–H groups in total. The number of carbonyl (C=O) groups is 1. The van der Waals surface area contributed by atoms with E-state index in [1.54, 1.807) is 29.6 Å². The third-order valence-corrected chi connectivity index (χ3v) is 6.92. The number of carbonyl (C=O) groups excluding carboxylic acids is 1. The molecule has 0 bridgehead atoms. The number of rotatable bonds is 4. The summed E-state index contributed by atoms with van der Waals surface area (Å²) in [5.41, 5.74) is 1.89. The summed E-state index contributed by atoms with van der Waals surface area (Å²) in [5.74, 6) is -0.00723. The Morgan fingerprint density at radius 2 is 1.93 bits per heavy atom. The van der Waals surface area contributed by atoms with E-state index in [0.29, 0.717) is 19.6 Å². The third-order valence-electron chi connectivity index (χ3n) is 5.22. The minimum absolute atomic E-state index is 0. The van der Waals surface area contributed by atoms with Crippen molar-refractivity contribution in [1.82, 2.24) is 19.8 Å². The minimum atomic E-state index is -3.16. The van der Waals surface area contributed by atoms with Gasteiger partial charge in [-0.05, 0) is 11.6 Å². The van der Waals surface area contributed by atoms with Gasteiger partial charge in [-0.1, -0.05) is 30.3 Å². The lowest BCUT2D eigenvalue weighted by Crippen LogP contribution is -2.60. The van der Waals surface area contributed by atoms with Crippen molar-refractivity contribution in [2.45, 2.75) is 18.6 Å². The first-order valence-electron chi connectivity index (χ1n) is 8.97. The van der Waals surface area contributed by atoms with E-state index in [9.17, 15) is 13.2 Å². The highest BCUT2D eigenvalue weighted by Crippen LogP contribution is 2.28. The largest absolute Gasteiger partial charge is 0.347 e. The molecule has 9 heteroatoms. The summed E-state index contributed by atoms with van der Waals surface area (Å²) in [4.78, 5) is 23.7. The number of aromatic nitrogens is 2. The lowest BCUT2D eigenvalue weighted by molar-refractivity contribution is -0.131. The molecule has 1 aromatic carbocycles. The van der Waals surface area contributed by atoms with Crippen molar-refractivity contribution in [2.75, 3.05) is 24.6 Å². The number of H-pyrrole nitrogens is 1. The number of nitrogens with zero attached hydrogens (tertiary/aromatic N) is 3. The van der Waals surface area contributed by atoms with E-state index in [0.717, 1.165) is 11.3 Å². The van der Waals surface area contributed by atoms with Crippen LogP contribution in [-0.2, 0) is 21.2 Å². The Kier molecular flexibility index (Phi) is 6.22. The Bertz CT molecular complexity index is 931. The quantitative estimate of drug-likeness (QED) is 0.752. The van der Waals surface area contributed by atoms with Crippen molar-refractivity contribution in [2.24, 2.45) is 0 Å². The van der Waals surface area contributed by atoms with Crippen LogP contribution in [0.1, 0.15) is 11.3 Å². The molecule has 7 nitrogen and oxygen atoms in total. The Labute approximate surface area is 170 Å². The van der Waals surface area contributed by atoms with Crippen LogP contribution in [0.2, 0.25) is 0 Å². The smallest absolute Gasteiger partial charge is 0.246 e. The Balaban J connectivity index is 0.00000225. The standard InChI is InChI=1S/C19H22N4O3S.ClH/c24-19(7-6-15-4-2-1-3-5-15)23-9-8-22(11-16-10-20-14-21-16)17-12-27(25,26)13-18(17)23;/h1-7,10,14,17-18H,8-9,11-13H2,(H,20,21);1H/t17-,18+;/m1./s1. The van der Waals surface area contributed by atoms with E-state index in [1.807, 2.05) is 30.3 Å². The van der Waals surface area contributed by atoms with Crippen LogP contribution in [0.5, 0.6) is 0 Å². The van der Waals surface area contributed by atoms with E-state index in [1.165, 1.54) is 0 Å². The Morgan fingerprint density at radius 1 is 1.18 bits per heavy atom. The van der Waals surface area contributed by atoms with E-state index in [-0.39, 0.29) is 41.9 Å². The first-order valence-corrected chi connectivity index (χ1v) is 10.8. The number of imidazole rings is 1. The molecular weight excluding hydrogens is 400 g/mol. The number of sulfone groups is 1. The SMILES string of the molecule is Cl.O=C(C=Cc1ccccc1)N1CCN(Cc2cnc[nH]2)[C@@H]2CS(=O)(=O)C[C@@H]21. The van der Waals surface area contributed by atoms with Gasteiger partial charge in [0, 0.05) is 43.6 Å². The molecule has 1 aromatic heterocycles. The van der Waals surface area contributed by atoms with Gasteiger partial charge in [0.05, 0.1) is 23.9 Å². The van der Waals surface area contributed by atoms with Gasteiger partial charge in [-0.15, -0.1) is 12.4 Å². The average molecular weight is 423 g/mol. The molecular formula is C19H23ClN4O3S. The van der Waals surface area contributed by atoms with Crippen molar-refractivity contribution in [3.63, 3.8) is 0 Å². The number of halogens is 1. The molecule has 2 fully saturated rings. The zero-order valence-electron chi connectivity index (χ0n) is 15.3. The number of nitrogens with one attached hydrogen (secondary N) is 1. The first-order chi connectivity index (χ1) is 13.0. The molecule has 1 amide bonds.